The van der Waals surface area contributed by atoms with Crippen molar-refractivity contribution in [3.05, 3.63) is 29.8 Å². The van der Waals surface area contributed by atoms with Crippen molar-refractivity contribution >= 4 is 18.0 Å². The molecule has 15 heavy (non-hydrogen) atoms. The average molecular weight is 203 g/mol. The van der Waals surface area contributed by atoms with E-state index in [-0.39, 0.29) is 5.91 Å². The molecule has 1 amide bonds. The Hall–Kier alpha value is -2.04. The van der Waals surface area contributed by atoms with Crippen molar-refractivity contribution in [2.45, 2.75) is 6.42 Å². The Morgan fingerprint density at radius 2 is 2.20 bits per heavy atom. The molecule has 2 aliphatic heterocycles. The second-order valence-corrected chi connectivity index (χ2v) is 3.40. The summed E-state index contributed by atoms with van der Waals surface area (Å²) in [5, 5.41) is 7.03. The molecule has 5 nitrogen and oxygen atoms in total. The normalized spacial score (nSPS) is 18.3. The van der Waals surface area contributed by atoms with Crippen LogP contribution in [0.3, 0.4) is 0 Å². The van der Waals surface area contributed by atoms with E-state index < -0.39 is 0 Å². The minimum atomic E-state index is 0.0267. The highest BCUT2D eigenvalue weighted by atomic mass is 16.5. The molecule has 3 rings (SSSR count). The van der Waals surface area contributed by atoms with Crippen molar-refractivity contribution in [1.29, 1.82) is 0 Å². The third-order valence-electron chi connectivity index (χ3n) is 2.47. The number of hydrogen-bond acceptors (Lipinski definition) is 4. The number of nitrogens with zero attached hydrogens (tertiary/aromatic N) is 3. The third kappa shape index (κ3) is 1.16. The Bertz CT molecular complexity index is 444. The van der Waals surface area contributed by atoms with Gasteiger partial charge < -0.3 is 4.74 Å². The molecule has 2 aliphatic rings. The number of hydrazone groups is 1. The molecule has 1 aromatic carbocycles. The second kappa shape index (κ2) is 2.98. The van der Waals surface area contributed by atoms with Crippen molar-refractivity contribution in [1.82, 2.24) is 5.12 Å². The van der Waals surface area contributed by atoms with E-state index in [9.17, 15) is 4.79 Å². The van der Waals surface area contributed by atoms with Crippen molar-refractivity contribution in [2.24, 2.45) is 5.10 Å². The highest BCUT2D eigenvalue weighted by Gasteiger charge is 2.32. The first-order chi connectivity index (χ1) is 7.36. The number of carbonyl (C=O) groups excluding carboxylic acids is 1. The molecule has 0 aromatic heterocycles. The van der Waals surface area contributed by atoms with Gasteiger partial charge in [-0.3, -0.25) is 4.79 Å². The van der Waals surface area contributed by atoms with Crippen LogP contribution in [-0.2, 0) is 16.0 Å². The number of anilines is 1. The van der Waals surface area contributed by atoms with E-state index in [1.165, 1.54) is 11.5 Å². The standard InChI is InChI=1S/C10H9N3O2/c14-10-5-8-3-1-2-4-9(8)13(10)12-7-15-6-11-12/h1-4,6H,5,7H2. The predicted octanol–water partition coefficient (Wildman–Crippen LogP) is 0.724. The SMILES string of the molecule is O=C1Cc2ccccc2N1N1COC=N1. The number of ether oxygens (including phenoxy) is 1. The number of fused-ring (bicyclic) bond motifs is 1. The number of carbonyl (C=O) groups is 1. The summed E-state index contributed by atoms with van der Waals surface area (Å²) in [7, 11) is 0. The number of benzene rings is 1. The van der Waals surface area contributed by atoms with Crippen LogP contribution in [0.25, 0.3) is 0 Å². The fourth-order valence-electron chi connectivity index (χ4n) is 1.82. The average Bonchev–Trinajstić information content (AvgIpc) is 2.82. The van der Waals surface area contributed by atoms with Gasteiger partial charge in [-0.25, -0.2) is 5.01 Å². The number of hydrogen-bond donors (Lipinski definition) is 0. The summed E-state index contributed by atoms with van der Waals surface area (Å²) < 4.78 is 4.97. The summed E-state index contributed by atoms with van der Waals surface area (Å²) in [6.07, 6.45) is 1.77. The highest BCUT2D eigenvalue weighted by molar-refractivity contribution is 6.00. The van der Waals surface area contributed by atoms with Gasteiger partial charge >= 0.3 is 0 Å². The zero-order valence-corrected chi connectivity index (χ0v) is 7.96. The third-order valence-corrected chi connectivity index (χ3v) is 2.47. The maximum absolute atomic E-state index is 11.8. The van der Waals surface area contributed by atoms with E-state index >= 15 is 0 Å². The number of para-hydroxylation sites is 1. The van der Waals surface area contributed by atoms with E-state index in [0.29, 0.717) is 13.2 Å². The molecule has 0 unspecified atom stereocenters. The van der Waals surface area contributed by atoms with Gasteiger partial charge in [-0.2, -0.15) is 5.12 Å². The summed E-state index contributed by atoms with van der Waals surface area (Å²) in [6.45, 7) is 0.292. The molecule has 0 saturated heterocycles. The van der Waals surface area contributed by atoms with E-state index in [0.717, 1.165) is 11.3 Å². The maximum Gasteiger partial charge on any atom is 0.251 e. The lowest BCUT2D eigenvalue weighted by molar-refractivity contribution is -0.120. The van der Waals surface area contributed by atoms with Crippen molar-refractivity contribution in [3.8, 4) is 0 Å². The number of rotatable bonds is 1. The van der Waals surface area contributed by atoms with Gasteiger partial charge in [0.15, 0.2) is 13.1 Å². The molecule has 1 aromatic rings. The predicted molar refractivity (Wildman–Crippen MR) is 53.9 cm³/mol. The van der Waals surface area contributed by atoms with Crippen LogP contribution in [0.4, 0.5) is 5.69 Å². The minimum absolute atomic E-state index is 0.0267. The summed E-state index contributed by atoms with van der Waals surface area (Å²) >= 11 is 0. The smallest absolute Gasteiger partial charge is 0.251 e. The van der Waals surface area contributed by atoms with E-state index in [1.54, 1.807) is 5.01 Å². The minimum Gasteiger partial charge on any atom is -0.457 e. The van der Waals surface area contributed by atoms with Crippen molar-refractivity contribution in [3.63, 3.8) is 0 Å². The van der Waals surface area contributed by atoms with Gasteiger partial charge in [-0.1, -0.05) is 18.2 Å². The monoisotopic (exact) mass is 203 g/mol. The molecular formula is C10H9N3O2. The van der Waals surface area contributed by atoms with Gasteiger partial charge in [0.1, 0.15) is 0 Å². The topological polar surface area (TPSA) is 45.1 Å². The first-order valence-corrected chi connectivity index (χ1v) is 4.68. The van der Waals surface area contributed by atoms with Crippen LogP contribution in [0, 0.1) is 0 Å². The molecule has 0 fully saturated rings. The molecule has 2 heterocycles. The number of amides is 1. The van der Waals surface area contributed by atoms with Gasteiger partial charge in [-0.05, 0) is 11.6 Å². The van der Waals surface area contributed by atoms with Crippen LogP contribution in [0.5, 0.6) is 0 Å². The Labute approximate surface area is 86.5 Å². The Morgan fingerprint density at radius 3 is 3.00 bits per heavy atom. The summed E-state index contributed by atoms with van der Waals surface area (Å²) in [5.74, 6) is 0.0267. The summed E-state index contributed by atoms with van der Waals surface area (Å²) in [4.78, 5) is 11.8. The maximum atomic E-state index is 11.8. The lowest BCUT2D eigenvalue weighted by atomic mass is 10.2. The fraction of sp³-hybridized carbons (Fsp3) is 0.200. The number of hydrazine groups is 1. The van der Waals surface area contributed by atoms with Crippen LogP contribution in [0.2, 0.25) is 0 Å². The largest absolute Gasteiger partial charge is 0.457 e. The molecule has 0 saturated carbocycles. The van der Waals surface area contributed by atoms with Crippen molar-refractivity contribution in [2.75, 3.05) is 11.7 Å². The van der Waals surface area contributed by atoms with E-state index in [4.69, 9.17) is 4.74 Å². The lowest BCUT2D eigenvalue weighted by Gasteiger charge is -2.24. The first kappa shape index (κ1) is 8.28. The molecule has 0 N–H and O–H groups in total. The zero-order valence-electron chi connectivity index (χ0n) is 7.96. The highest BCUT2D eigenvalue weighted by Crippen LogP contribution is 2.30. The van der Waals surface area contributed by atoms with Crippen LogP contribution in [0.15, 0.2) is 29.4 Å². The quantitative estimate of drug-likeness (QED) is 0.675. The van der Waals surface area contributed by atoms with Crippen LogP contribution < -0.4 is 5.01 Å². The van der Waals surface area contributed by atoms with Gasteiger partial charge in [0, 0.05) is 0 Å². The molecule has 76 valence electrons. The van der Waals surface area contributed by atoms with Gasteiger partial charge in [-0.15, -0.1) is 5.10 Å². The Kier molecular flexibility index (Phi) is 1.65. The second-order valence-electron chi connectivity index (χ2n) is 3.40. The lowest BCUT2D eigenvalue weighted by Crippen LogP contribution is -2.40. The van der Waals surface area contributed by atoms with Crippen molar-refractivity contribution < 1.29 is 9.53 Å². The van der Waals surface area contributed by atoms with Crippen LogP contribution in [0.1, 0.15) is 5.56 Å². The van der Waals surface area contributed by atoms with E-state index in [1.807, 2.05) is 24.3 Å². The molecule has 0 aliphatic carbocycles. The first-order valence-electron chi connectivity index (χ1n) is 4.68. The molecular weight excluding hydrogens is 194 g/mol. The molecule has 0 bridgehead atoms. The van der Waals surface area contributed by atoms with Gasteiger partial charge in [0.05, 0.1) is 12.1 Å². The molecule has 0 radical (unpaired) electrons. The van der Waals surface area contributed by atoms with Crippen LogP contribution in [-0.4, -0.2) is 24.2 Å². The van der Waals surface area contributed by atoms with Gasteiger partial charge in [0.25, 0.3) is 5.91 Å². The van der Waals surface area contributed by atoms with Gasteiger partial charge in [0.2, 0.25) is 0 Å². The van der Waals surface area contributed by atoms with E-state index in [2.05, 4.69) is 5.10 Å². The van der Waals surface area contributed by atoms with Crippen LogP contribution >= 0.6 is 0 Å². The Balaban J connectivity index is 2.02. The molecule has 0 spiro atoms. The molecule has 0 atom stereocenters. The zero-order chi connectivity index (χ0) is 10.3. The summed E-state index contributed by atoms with van der Waals surface area (Å²) in [5.41, 5.74) is 1.93. The Morgan fingerprint density at radius 1 is 1.33 bits per heavy atom. The molecule has 5 heteroatoms. The summed E-state index contributed by atoms with van der Waals surface area (Å²) in [6, 6.07) is 7.70. The fourth-order valence-corrected chi connectivity index (χ4v) is 1.82.